The molecular weight excluding hydrogens is 164 g/mol. The lowest BCUT2D eigenvalue weighted by molar-refractivity contribution is -0.169. The maximum atomic E-state index is 5.63. The highest BCUT2D eigenvalue weighted by molar-refractivity contribution is 5.15. The van der Waals surface area contributed by atoms with Gasteiger partial charge in [-0.3, -0.25) is 0 Å². The van der Waals surface area contributed by atoms with Gasteiger partial charge >= 0.3 is 0 Å². The smallest absolute Gasteiger partial charge is 0.227 e. The SMILES string of the molecule is CCCCOC1(C)C=CC=C(C)O1. The van der Waals surface area contributed by atoms with Crippen LogP contribution < -0.4 is 0 Å². The lowest BCUT2D eigenvalue weighted by Gasteiger charge is -2.29. The highest BCUT2D eigenvalue weighted by Gasteiger charge is 2.24. The molecule has 2 nitrogen and oxygen atoms in total. The maximum absolute atomic E-state index is 5.63. The summed E-state index contributed by atoms with van der Waals surface area (Å²) in [5, 5.41) is 0. The average Bonchev–Trinajstić information content (AvgIpc) is 2.04. The minimum Gasteiger partial charge on any atom is -0.464 e. The van der Waals surface area contributed by atoms with Gasteiger partial charge in [0.1, 0.15) is 0 Å². The van der Waals surface area contributed by atoms with E-state index in [-0.39, 0.29) is 0 Å². The van der Waals surface area contributed by atoms with Crippen molar-refractivity contribution in [2.45, 2.75) is 39.4 Å². The zero-order valence-electron chi connectivity index (χ0n) is 8.67. The third-order valence-corrected chi connectivity index (χ3v) is 1.98. The van der Waals surface area contributed by atoms with Crippen molar-refractivity contribution in [2.24, 2.45) is 0 Å². The molecule has 0 N–H and O–H groups in total. The number of hydrogen-bond acceptors (Lipinski definition) is 2. The molecule has 1 aliphatic rings. The summed E-state index contributed by atoms with van der Waals surface area (Å²) in [4.78, 5) is 0. The molecule has 0 spiro atoms. The van der Waals surface area contributed by atoms with Crippen LogP contribution in [-0.2, 0) is 9.47 Å². The molecule has 0 aromatic carbocycles. The first kappa shape index (κ1) is 10.3. The number of ether oxygens (including phenoxy) is 2. The molecule has 1 atom stereocenters. The van der Waals surface area contributed by atoms with Crippen LogP contribution in [0.4, 0.5) is 0 Å². The maximum Gasteiger partial charge on any atom is 0.227 e. The Morgan fingerprint density at radius 3 is 2.92 bits per heavy atom. The van der Waals surface area contributed by atoms with Gasteiger partial charge in [-0.15, -0.1) is 0 Å². The first-order valence-corrected chi connectivity index (χ1v) is 4.85. The van der Waals surface area contributed by atoms with E-state index in [9.17, 15) is 0 Å². The van der Waals surface area contributed by atoms with E-state index in [0.717, 1.165) is 25.2 Å². The molecular formula is C11H18O2. The topological polar surface area (TPSA) is 18.5 Å². The Morgan fingerprint density at radius 2 is 2.31 bits per heavy atom. The quantitative estimate of drug-likeness (QED) is 0.622. The van der Waals surface area contributed by atoms with Crippen LogP contribution in [0.2, 0.25) is 0 Å². The minimum atomic E-state index is -0.548. The molecule has 0 saturated carbocycles. The Labute approximate surface area is 80.2 Å². The van der Waals surface area contributed by atoms with Crippen LogP contribution in [0.3, 0.4) is 0 Å². The van der Waals surface area contributed by atoms with E-state index in [1.807, 2.05) is 32.1 Å². The molecule has 0 saturated heterocycles. The number of rotatable bonds is 4. The van der Waals surface area contributed by atoms with Crippen LogP contribution >= 0.6 is 0 Å². The summed E-state index contributed by atoms with van der Waals surface area (Å²) in [5.41, 5.74) is 0. The number of unbranched alkanes of at least 4 members (excludes halogenated alkanes) is 1. The van der Waals surface area contributed by atoms with Crippen LogP contribution in [0.5, 0.6) is 0 Å². The zero-order valence-corrected chi connectivity index (χ0v) is 8.67. The highest BCUT2D eigenvalue weighted by Crippen LogP contribution is 2.22. The summed E-state index contributed by atoms with van der Waals surface area (Å²) in [6, 6.07) is 0. The fraction of sp³-hybridized carbons (Fsp3) is 0.636. The van der Waals surface area contributed by atoms with E-state index in [1.54, 1.807) is 0 Å². The van der Waals surface area contributed by atoms with Gasteiger partial charge in [-0.2, -0.15) is 0 Å². The second kappa shape index (κ2) is 4.47. The second-order valence-corrected chi connectivity index (χ2v) is 3.46. The van der Waals surface area contributed by atoms with Gasteiger partial charge in [-0.05, 0) is 25.5 Å². The van der Waals surface area contributed by atoms with E-state index in [0.29, 0.717) is 0 Å². The lowest BCUT2D eigenvalue weighted by atomic mass is 10.2. The number of allylic oxidation sites excluding steroid dienone is 3. The molecule has 0 aliphatic carbocycles. The average molecular weight is 182 g/mol. The Bertz CT molecular complexity index is 218. The first-order valence-electron chi connectivity index (χ1n) is 4.85. The minimum absolute atomic E-state index is 0.548. The van der Waals surface area contributed by atoms with Crippen molar-refractivity contribution < 1.29 is 9.47 Å². The molecule has 0 fully saturated rings. The van der Waals surface area contributed by atoms with Crippen molar-refractivity contribution in [3.63, 3.8) is 0 Å². The van der Waals surface area contributed by atoms with Crippen LogP contribution in [0.15, 0.2) is 24.0 Å². The van der Waals surface area contributed by atoms with E-state index in [2.05, 4.69) is 6.92 Å². The van der Waals surface area contributed by atoms with Gasteiger partial charge < -0.3 is 9.47 Å². The van der Waals surface area contributed by atoms with Crippen molar-refractivity contribution >= 4 is 0 Å². The first-order chi connectivity index (χ1) is 6.16. The highest BCUT2D eigenvalue weighted by atomic mass is 16.7. The van der Waals surface area contributed by atoms with E-state index in [4.69, 9.17) is 9.47 Å². The van der Waals surface area contributed by atoms with Crippen LogP contribution in [0.25, 0.3) is 0 Å². The van der Waals surface area contributed by atoms with Crippen molar-refractivity contribution in [1.29, 1.82) is 0 Å². The summed E-state index contributed by atoms with van der Waals surface area (Å²) < 4.78 is 11.2. The molecule has 2 heteroatoms. The van der Waals surface area contributed by atoms with E-state index < -0.39 is 5.79 Å². The summed E-state index contributed by atoms with van der Waals surface area (Å²) in [7, 11) is 0. The second-order valence-electron chi connectivity index (χ2n) is 3.46. The lowest BCUT2D eigenvalue weighted by Crippen LogP contribution is -2.31. The summed E-state index contributed by atoms with van der Waals surface area (Å²) in [6.45, 7) is 6.78. The molecule has 0 aromatic rings. The van der Waals surface area contributed by atoms with Crippen LogP contribution in [-0.4, -0.2) is 12.4 Å². The Morgan fingerprint density at radius 1 is 1.54 bits per heavy atom. The molecule has 1 unspecified atom stereocenters. The van der Waals surface area contributed by atoms with Crippen molar-refractivity contribution in [2.75, 3.05) is 6.61 Å². The van der Waals surface area contributed by atoms with Gasteiger partial charge in [-0.1, -0.05) is 19.4 Å². The predicted molar refractivity (Wildman–Crippen MR) is 53.2 cm³/mol. The fourth-order valence-corrected chi connectivity index (χ4v) is 1.24. The molecule has 0 radical (unpaired) electrons. The molecule has 13 heavy (non-hydrogen) atoms. The van der Waals surface area contributed by atoms with E-state index in [1.165, 1.54) is 0 Å². The van der Waals surface area contributed by atoms with Gasteiger partial charge in [0.25, 0.3) is 0 Å². The predicted octanol–water partition coefficient (Wildman–Crippen LogP) is 3.01. The molecule has 1 rings (SSSR count). The van der Waals surface area contributed by atoms with Gasteiger partial charge in [0.05, 0.1) is 12.4 Å². The molecule has 1 aliphatic heterocycles. The monoisotopic (exact) mass is 182 g/mol. The third kappa shape index (κ3) is 3.23. The Balaban J connectivity index is 2.39. The van der Waals surface area contributed by atoms with Crippen molar-refractivity contribution in [1.82, 2.24) is 0 Å². The van der Waals surface area contributed by atoms with Gasteiger partial charge in [-0.25, -0.2) is 0 Å². The zero-order chi connectivity index (χ0) is 9.73. The molecule has 74 valence electrons. The fourth-order valence-electron chi connectivity index (χ4n) is 1.24. The Hall–Kier alpha value is -0.760. The van der Waals surface area contributed by atoms with Gasteiger partial charge in [0, 0.05) is 6.92 Å². The molecule has 1 heterocycles. The molecule has 0 aromatic heterocycles. The molecule has 0 amide bonds. The van der Waals surface area contributed by atoms with Crippen LogP contribution in [0, 0.1) is 0 Å². The number of hydrogen-bond donors (Lipinski definition) is 0. The Kier molecular flexibility index (Phi) is 3.55. The van der Waals surface area contributed by atoms with Crippen molar-refractivity contribution in [3.8, 4) is 0 Å². The largest absolute Gasteiger partial charge is 0.464 e. The third-order valence-electron chi connectivity index (χ3n) is 1.98. The molecule has 0 bridgehead atoms. The van der Waals surface area contributed by atoms with E-state index >= 15 is 0 Å². The van der Waals surface area contributed by atoms with Gasteiger partial charge in [0.2, 0.25) is 5.79 Å². The van der Waals surface area contributed by atoms with Crippen molar-refractivity contribution in [3.05, 3.63) is 24.0 Å². The summed E-state index contributed by atoms with van der Waals surface area (Å²) in [5.74, 6) is 0.357. The standard InChI is InChI=1S/C11H18O2/c1-4-5-9-12-11(3)8-6-7-10(2)13-11/h6-8H,4-5,9H2,1-3H3. The van der Waals surface area contributed by atoms with Gasteiger partial charge in [0.15, 0.2) is 0 Å². The summed E-state index contributed by atoms with van der Waals surface area (Å²) in [6.07, 6.45) is 8.08. The normalized spacial score (nSPS) is 26.8. The summed E-state index contributed by atoms with van der Waals surface area (Å²) >= 11 is 0. The van der Waals surface area contributed by atoms with Crippen LogP contribution in [0.1, 0.15) is 33.6 Å².